The monoisotopic (exact) mass is 822 g/mol. The van der Waals surface area contributed by atoms with Gasteiger partial charge in [-0.15, -0.1) is 0 Å². The Morgan fingerprint density at radius 2 is 1.37 bits per heavy atom. The summed E-state index contributed by atoms with van der Waals surface area (Å²) in [6.45, 7) is 5.85. The first-order chi connectivity index (χ1) is 28.9. The lowest BCUT2D eigenvalue weighted by Gasteiger charge is -2.32. The molecule has 2 aromatic heterocycles. The van der Waals surface area contributed by atoms with Crippen LogP contribution in [0.4, 0.5) is 5.69 Å². The summed E-state index contributed by atoms with van der Waals surface area (Å²) >= 11 is 0. The van der Waals surface area contributed by atoms with Gasteiger partial charge in [-0.2, -0.15) is 0 Å². The number of hydrogen-bond donors (Lipinski definition) is 4. The largest absolute Gasteiger partial charge is 0.432 e. The molecule has 9 rings (SSSR count). The number of para-hydroxylation sites is 2. The van der Waals surface area contributed by atoms with Crippen molar-refractivity contribution in [3.8, 4) is 11.4 Å². The third-order valence-corrected chi connectivity index (χ3v) is 14.8. The third-order valence-electron chi connectivity index (χ3n) is 12.3. The number of carbonyl (C=O) groups is 2. The summed E-state index contributed by atoms with van der Waals surface area (Å²) in [5, 5.41) is 17.4. The van der Waals surface area contributed by atoms with E-state index in [1.54, 1.807) is 34.1 Å². The van der Waals surface area contributed by atoms with Crippen molar-refractivity contribution in [2.45, 2.75) is 56.8 Å². The lowest BCUT2D eigenvalue weighted by atomic mass is 9.82. The zero-order chi connectivity index (χ0) is 41.9. The maximum absolute atomic E-state index is 15.4. The van der Waals surface area contributed by atoms with Crippen molar-refractivity contribution >= 4 is 47.6 Å². The number of nitrogens with one attached hydrogen (secondary N) is 2. The molecule has 7 aromatic rings. The quantitative estimate of drug-likeness (QED) is 0.122. The van der Waals surface area contributed by atoms with Crippen molar-refractivity contribution < 1.29 is 24.2 Å². The van der Waals surface area contributed by atoms with Gasteiger partial charge in [-0.1, -0.05) is 73.7 Å². The number of anilines is 1. The predicted molar refractivity (Wildman–Crippen MR) is 232 cm³/mol. The Morgan fingerprint density at radius 1 is 0.783 bits per heavy atom. The van der Waals surface area contributed by atoms with Gasteiger partial charge >= 0.3 is 0 Å². The van der Waals surface area contributed by atoms with Crippen LogP contribution in [0.1, 0.15) is 30.0 Å². The number of benzene rings is 5. The van der Waals surface area contributed by atoms with Crippen LogP contribution >= 0.6 is 0 Å². The van der Waals surface area contributed by atoms with Gasteiger partial charge in [0.1, 0.15) is 0 Å². The molecule has 4 heterocycles. The van der Waals surface area contributed by atoms with Crippen molar-refractivity contribution in [1.82, 2.24) is 24.5 Å². The molecule has 60 heavy (non-hydrogen) atoms. The molecule has 14 heteroatoms. The topological polar surface area (TPSA) is 166 Å². The number of hydrogen-bond acceptors (Lipinski definition) is 7. The number of aliphatic hydroxyl groups is 1. The minimum Gasteiger partial charge on any atom is -0.432 e. The Bertz CT molecular complexity index is 2880. The van der Waals surface area contributed by atoms with E-state index < -0.39 is 31.5 Å². The molecule has 1 saturated heterocycles. The van der Waals surface area contributed by atoms with E-state index in [0.717, 1.165) is 16.6 Å². The lowest BCUT2D eigenvalue weighted by molar-refractivity contribution is -0.150. The van der Waals surface area contributed by atoms with Gasteiger partial charge in [-0.3, -0.25) is 29.4 Å². The summed E-state index contributed by atoms with van der Waals surface area (Å²) < 4.78 is 9.99. The molecule has 0 unspecified atom stereocenters. The van der Waals surface area contributed by atoms with Gasteiger partial charge in [0, 0.05) is 30.1 Å². The lowest BCUT2D eigenvalue weighted by Crippen LogP contribution is -2.46. The number of aromatic amines is 2. The van der Waals surface area contributed by atoms with Crippen LogP contribution < -0.4 is 16.0 Å². The maximum Gasteiger partial charge on any atom is 0.279 e. The van der Waals surface area contributed by atoms with Crippen LogP contribution in [0.2, 0.25) is 18.6 Å². The number of nitrogens with zero attached hydrogens (tertiary/aromatic N) is 4. The van der Waals surface area contributed by atoms with E-state index in [-0.39, 0.29) is 55.6 Å². The Morgan fingerprint density at radius 3 is 1.97 bits per heavy atom. The molecule has 0 bridgehead atoms. The smallest absolute Gasteiger partial charge is 0.279 e. The normalized spacial score (nSPS) is 20.1. The van der Waals surface area contributed by atoms with Crippen molar-refractivity contribution in [3.05, 3.63) is 159 Å². The number of aliphatic hydroxyl groups excluding tert-OH is 1. The Hall–Kier alpha value is -6.32. The number of H-pyrrole nitrogens is 2. The second-order valence-corrected chi connectivity index (χ2v) is 20.4. The Kier molecular flexibility index (Phi) is 9.82. The summed E-state index contributed by atoms with van der Waals surface area (Å²) in [7, 11) is -3.16. The van der Waals surface area contributed by atoms with Crippen LogP contribution in [0, 0.1) is 5.92 Å². The molecule has 13 nitrogen and oxygen atoms in total. The molecule has 2 aliphatic rings. The highest BCUT2D eigenvalue weighted by molar-refractivity contribution is 6.71. The summed E-state index contributed by atoms with van der Waals surface area (Å²) in [6, 6.07) is 36.9. The highest BCUT2D eigenvalue weighted by Crippen LogP contribution is 2.60. The van der Waals surface area contributed by atoms with Crippen LogP contribution in [0.15, 0.2) is 131 Å². The van der Waals surface area contributed by atoms with E-state index >= 15 is 4.79 Å². The second kappa shape index (κ2) is 15.1. The Balaban J connectivity index is 1.11. The highest BCUT2D eigenvalue weighted by atomic mass is 28.4. The average Bonchev–Trinajstić information content (AvgIpc) is 3.93. The van der Waals surface area contributed by atoms with Crippen LogP contribution in [-0.2, 0) is 33.0 Å². The van der Waals surface area contributed by atoms with E-state index in [9.17, 15) is 24.3 Å². The summed E-state index contributed by atoms with van der Waals surface area (Å²) in [5.41, 5.74) is 2.78. The zero-order valence-corrected chi connectivity index (χ0v) is 34.5. The molecule has 306 valence electrons. The standard InChI is InChI=1S/C46H46N6O7Si/c1-29-42(60(2,3)58)40(26-41(54)49(23-24-53)27-30-11-5-4-6-12-30)59-46(29)36-25-33(52-44(56)35-14-8-10-16-38(35)48-52)21-22-39(36)50(45(46)57)28-31-17-19-32(20-18-31)51-43(55)34-13-7-9-15-37(34)47-51/h4-22,25,29,40,42,47-48,53,58H,23-24,26-28H2,1-3H3/t29-,40+,42-,46+/m1/s1. The van der Waals surface area contributed by atoms with Crippen LogP contribution in [0.3, 0.4) is 0 Å². The highest BCUT2D eigenvalue weighted by Gasteiger charge is 2.66. The van der Waals surface area contributed by atoms with Gasteiger partial charge in [0.2, 0.25) is 5.91 Å². The third kappa shape index (κ3) is 6.52. The number of carbonyl (C=O) groups excluding carboxylic acids is 2. The summed E-state index contributed by atoms with van der Waals surface area (Å²) in [6.07, 6.45) is -0.944. The van der Waals surface area contributed by atoms with Gasteiger partial charge in [0.25, 0.3) is 17.0 Å². The second-order valence-electron chi connectivity index (χ2n) is 16.4. The molecule has 0 saturated carbocycles. The number of fused-ring (bicyclic) bond motifs is 4. The van der Waals surface area contributed by atoms with Crippen molar-refractivity contribution in [1.29, 1.82) is 0 Å². The average molecular weight is 823 g/mol. The van der Waals surface area contributed by atoms with E-state index in [2.05, 4.69) is 10.2 Å². The van der Waals surface area contributed by atoms with Gasteiger partial charge < -0.3 is 24.4 Å². The van der Waals surface area contributed by atoms with Gasteiger partial charge in [0.05, 0.1) is 64.5 Å². The van der Waals surface area contributed by atoms with Gasteiger partial charge in [-0.25, -0.2) is 9.36 Å². The fourth-order valence-electron chi connectivity index (χ4n) is 9.49. The molecule has 5 aromatic carbocycles. The van der Waals surface area contributed by atoms with Crippen LogP contribution in [0.5, 0.6) is 0 Å². The molecule has 0 aliphatic carbocycles. The minimum absolute atomic E-state index is 0.109. The fraction of sp³-hybridized carbons (Fsp3) is 0.261. The predicted octanol–water partition coefficient (Wildman–Crippen LogP) is 5.71. The number of ether oxygens (including phenoxy) is 1. The first-order valence-corrected chi connectivity index (χ1v) is 23.2. The Labute approximate surface area is 346 Å². The van der Waals surface area contributed by atoms with E-state index in [0.29, 0.717) is 38.9 Å². The van der Waals surface area contributed by atoms with E-state index in [1.165, 1.54) is 9.36 Å². The summed E-state index contributed by atoms with van der Waals surface area (Å²) in [4.78, 5) is 71.6. The number of rotatable bonds is 11. The molecule has 4 N–H and O–H groups in total. The number of amides is 2. The number of aromatic nitrogens is 4. The zero-order valence-electron chi connectivity index (χ0n) is 33.5. The van der Waals surface area contributed by atoms with Gasteiger partial charge in [0.15, 0.2) is 13.9 Å². The van der Waals surface area contributed by atoms with E-state index in [4.69, 9.17) is 4.74 Å². The fourth-order valence-corrected chi connectivity index (χ4v) is 12.0. The SMILES string of the molecule is C[C@@H]1[C@@H]([Si](C)(C)O)[C@H](CC(=O)N(CCO)Cc2ccccc2)O[C@@]12C(=O)N(Cc1ccc(-n3[nH]c4ccccc4c3=O)cc1)c1ccc(-n3[nH]c4ccccc4c3=O)cc12. The van der Waals surface area contributed by atoms with Crippen LogP contribution in [-0.4, -0.2) is 73.8 Å². The van der Waals surface area contributed by atoms with Crippen LogP contribution in [0.25, 0.3) is 33.2 Å². The van der Waals surface area contributed by atoms with Gasteiger partial charge in [-0.05, 0) is 78.8 Å². The molecule has 2 aliphatic heterocycles. The molecular formula is C46H46N6O7Si. The van der Waals surface area contributed by atoms with E-state index in [1.807, 2.05) is 117 Å². The summed E-state index contributed by atoms with van der Waals surface area (Å²) in [5.74, 6) is -1.18. The van der Waals surface area contributed by atoms with Crippen molar-refractivity contribution in [2.24, 2.45) is 5.92 Å². The molecule has 2 amide bonds. The minimum atomic E-state index is -3.16. The van der Waals surface area contributed by atoms with Crippen molar-refractivity contribution in [2.75, 3.05) is 18.1 Å². The molecular weight excluding hydrogens is 777 g/mol. The first kappa shape index (κ1) is 39.2. The molecule has 0 radical (unpaired) electrons. The molecule has 4 atom stereocenters. The molecule has 1 spiro atoms. The van der Waals surface area contributed by atoms with Crippen molar-refractivity contribution in [3.63, 3.8) is 0 Å². The first-order valence-electron chi connectivity index (χ1n) is 20.2. The maximum atomic E-state index is 15.4. The molecule has 1 fully saturated rings.